The summed E-state index contributed by atoms with van der Waals surface area (Å²) < 4.78 is 24.8. The Morgan fingerprint density at radius 1 is 1.05 bits per heavy atom. The number of nitrogens with zero attached hydrogens (tertiary/aromatic N) is 1. The van der Waals surface area contributed by atoms with Crippen molar-refractivity contribution in [2.75, 3.05) is 6.61 Å². The van der Waals surface area contributed by atoms with Crippen molar-refractivity contribution in [3.05, 3.63) is 119 Å². The summed E-state index contributed by atoms with van der Waals surface area (Å²) in [7, 11) is 0. The van der Waals surface area contributed by atoms with Gasteiger partial charge in [0.2, 0.25) is 5.89 Å². The SMILES string of the molecule is CC/C(=C/C(=O)c1ccc(F)cc1)NC(Cc1ccc(OCCc2nc(-c3ccccc3)oc2C)cc1)C(=O)O. The summed E-state index contributed by atoms with van der Waals surface area (Å²) in [5.41, 5.74) is 3.37. The number of carboxylic acid groups (broad SMARTS) is 1. The van der Waals surface area contributed by atoms with Gasteiger partial charge in [-0.15, -0.1) is 0 Å². The van der Waals surface area contributed by atoms with Gasteiger partial charge in [0.25, 0.3) is 0 Å². The number of ether oxygens (including phenoxy) is 1. The van der Waals surface area contributed by atoms with Crippen LogP contribution in [0.2, 0.25) is 0 Å². The van der Waals surface area contributed by atoms with Crippen LogP contribution in [0, 0.1) is 12.7 Å². The molecule has 1 heterocycles. The van der Waals surface area contributed by atoms with E-state index in [9.17, 15) is 19.1 Å². The van der Waals surface area contributed by atoms with E-state index in [0.29, 0.717) is 42.3 Å². The number of ketones is 1. The molecule has 0 radical (unpaired) electrons. The van der Waals surface area contributed by atoms with Crippen molar-refractivity contribution >= 4 is 11.8 Å². The Hall–Kier alpha value is -4.72. The smallest absolute Gasteiger partial charge is 0.326 e. The molecule has 3 aromatic carbocycles. The summed E-state index contributed by atoms with van der Waals surface area (Å²) in [6, 6.07) is 21.2. The van der Waals surface area contributed by atoms with Crippen molar-refractivity contribution in [2.45, 2.75) is 39.2 Å². The predicted molar refractivity (Wildman–Crippen MR) is 150 cm³/mol. The third kappa shape index (κ3) is 7.66. The van der Waals surface area contributed by atoms with Crippen LogP contribution in [0.25, 0.3) is 11.5 Å². The van der Waals surface area contributed by atoms with E-state index in [-0.39, 0.29) is 12.2 Å². The van der Waals surface area contributed by atoms with E-state index >= 15 is 0 Å². The summed E-state index contributed by atoms with van der Waals surface area (Å²) in [5, 5.41) is 12.8. The number of hydrogen-bond donors (Lipinski definition) is 2. The van der Waals surface area contributed by atoms with Crippen LogP contribution in [0.4, 0.5) is 4.39 Å². The molecule has 0 bridgehead atoms. The zero-order chi connectivity index (χ0) is 28.5. The molecule has 0 amide bonds. The van der Waals surface area contributed by atoms with Gasteiger partial charge in [-0.2, -0.15) is 0 Å². The van der Waals surface area contributed by atoms with Crippen LogP contribution in [-0.2, 0) is 17.6 Å². The maximum absolute atomic E-state index is 13.2. The van der Waals surface area contributed by atoms with Gasteiger partial charge in [-0.1, -0.05) is 37.3 Å². The van der Waals surface area contributed by atoms with Crippen LogP contribution < -0.4 is 10.1 Å². The highest BCUT2D eigenvalue weighted by Gasteiger charge is 2.19. The van der Waals surface area contributed by atoms with E-state index in [0.717, 1.165) is 22.6 Å². The zero-order valence-corrected chi connectivity index (χ0v) is 22.4. The van der Waals surface area contributed by atoms with Crippen LogP contribution in [0.5, 0.6) is 5.75 Å². The second-order valence-corrected chi connectivity index (χ2v) is 9.26. The fourth-order valence-electron chi connectivity index (χ4n) is 4.11. The Morgan fingerprint density at radius 2 is 1.75 bits per heavy atom. The molecule has 4 aromatic rings. The number of aliphatic carboxylic acids is 1. The Kier molecular flexibility index (Phi) is 9.46. The molecule has 1 aromatic heterocycles. The second kappa shape index (κ2) is 13.4. The van der Waals surface area contributed by atoms with Crippen molar-refractivity contribution < 1.29 is 28.2 Å². The molecule has 0 aliphatic carbocycles. The first-order chi connectivity index (χ1) is 19.3. The quantitative estimate of drug-likeness (QED) is 0.154. The molecule has 4 rings (SSSR count). The molecule has 0 saturated carbocycles. The molecule has 2 N–H and O–H groups in total. The van der Waals surface area contributed by atoms with Crippen molar-refractivity contribution in [3.8, 4) is 17.2 Å². The van der Waals surface area contributed by atoms with E-state index in [1.807, 2.05) is 56.3 Å². The van der Waals surface area contributed by atoms with Gasteiger partial charge in [0.1, 0.15) is 23.4 Å². The average molecular weight is 543 g/mol. The van der Waals surface area contributed by atoms with Gasteiger partial charge < -0.3 is 19.6 Å². The van der Waals surface area contributed by atoms with Crippen molar-refractivity contribution in [1.29, 1.82) is 0 Å². The molecule has 0 spiro atoms. The van der Waals surface area contributed by atoms with Gasteiger partial charge in [0.05, 0.1) is 12.3 Å². The number of halogens is 1. The fraction of sp³-hybridized carbons (Fsp3) is 0.219. The number of carbonyl (C=O) groups excluding carboxylic acids is 1. The minimum Gasteiger partial charge on any atom is -0.493 e. The maximum Gasteiger partial charge on any atom is 0.326 e. The number of benzene rings is 3. The van der Waals surface area contributed by atoms with Gasteiger partial charge in [0, 0.05) is 35.7 Å². The summed E-state index contributed by atoms with van der Waals surface area (Å²) in [6.45, 7) is 4.12. The number of carboxylic acids is 1. The molecule has 7 nitrogen and oxygen atoms in total. The molecular formula is C32H31FN2O5. The molecule has 1 unspecified atom stereocenters. The molecule has 40 heavy (non-hydrogen) atoms. The maximum atomic E-state index is 13.2. The van der Waals surface area contributed by atoms with Crippen LogP contribution in [0.3, 0.4) is 0 Å². The second-order valence-electron chi connectivity index (χ2n) is 9.26. The number of allylic oxidation sites excluding steroid dienone is 2. The van der Waals surface area contributed by atoms with Gasteiger partial charge in [-0.3, -0.25) is 4.79 Å². The Balaban J connectivity index is 1.32. The number of nitrogens with one attached hydrogen (secondary N) is 1. The first-order valence-corrected chi connectivity index (χ1v) is 13.1. The molecule has 8 heteroatoms. The zero-order valence-electron chi connectivity index (χ0n) is 22.4. The molecule has 0 aliphatic rings. The number of oxazole rings is 1. The topological polar surface area (TPSA) is 102 Å². The number of carbonyl (C=O) groups is 2. The Bertz CT molecular complexity index is 1460. The molecule has 0 aliphatic heterocycles. The summed E-state index contributed by atoms with van der Waals surface area (Å²) in [5.74, 6) is 0.204. The van der Waals surface area contributed by atoms with Gasteiger partial charge >= 0.3 is 5.97 Å². The normalized spacial score (nSPS) is 12.1. The standard InChI is InChI=1S/C32H31FN2O5/c1-3-26(20-30(36)23-11-13-25(33)14-12-23)34-29(32(37)38)19-22-9-15-27(16-10-22)39-18-17-28-21(2)40-31(35-28)24-7-5-4-6-8-24/h4-16,20,29,34H,3,17-19H2,1-2H3,(H,37,38)/b26-20-. The molecular weight excluding hydrogens is 511 g/mol. The Labute approximate surface area is 232 Å². The number of hydrogen-bond acceptors (Lipinski definition) is 6. The van der Waals surface area contributed by atoms with Crippen molar-refractivity contribution in [3.63, 3.8) is 0 Å². The van der Waals surface area contributed by atoms with E-state index < -0.39 is 17.8 Å². The highest BCUT2D eigenvalue weighted by atomic mass is 19.1. The lowest BCUT2D eigenvalue weighted by Crippen LogP contribution is -2.38. The highest BCUT2D eigenvalue weighted by molar-refractivity contribution is 6.04. The largest absolute Gasteiger partial charge is 0.493 e. The summed E-state index contributed by atoms with van der Waals surface area (Å²) in [4.78, 5) is 29.1. The van der Waals surface area contributed by atoms with Crippen molar-refractivity contribution in [2.24, 2.45) is 0 Å². The van der Waals surface area contributed by atoms with Gasteiger partial charge in [-0.05, 0) is 67.4 Å². The molecule has 0 fully saturated rings. The van der Waals surface area contributed by atoms with Crippen LogP contribution in [0.1, 0.15) is 40.7 Å². The fourth-order valence-corrected chi connectivity index (χ4v) is 4.11. The van der Waals surface area contributed by atoms with E-state index in [2.05, 4.69) is 10.3 Å². The average Bonchev–Trinajstić information content (AvgIpc) is 3.33. The minimum atomic E-state index is -1.04. The van der Waals surface area contributed by atoms with E-state index in [1.165, 1.54) is 30.3 Å². The highest BCUT2D eigenvalue weighted by Crippen LogP contribution is 2.22. The van der Waals surface area contributed by atoms with Gasteiger partial charge in [-0.25, -0.2) is 14.2 Å². The Morgan fingerprint density at radius 3 is 2.40 bits per heavy atom. The number of aromatic nitrogens is 1. The van der Waals surface area contributed by atoms with Crippen LogP contribution in [-0.4, -0.2) is 34.5 Å². The lowest BCUT2D eigenvalue weighted by molar-refractivity contribution is -0.139. The van der Waals surface area contributed by atoms with Crippen molar-refractivity contribution in [1.82, 2.24) is 10.3 Å². The van der Waals surface area contributed by atoms with E-state index in [4.69, 9.17) is 9.15 Å². The number of aryl methyl sites for hydroxylation is 1. The molecule has 1 atom stereocenters. The van der Waals surface area contributed by atoms with Gasteiger partial charge in [0.15, 0.2) is 5.78 Å². The third-order valence-electron chi connectivity index (χ3n) is 6.36. The number of rotatable bonds is 13. The molecule has 0 saturated heterocycles. The first kappa shape index (κ1) is 28.3. The summed E-state index contributed by atoms with van der Waals surface area (Å²) >= 11 is 0. The lowest BCUT2D eigenvalue weighted by Gasteiger charge is -2.18. The van der Waals surface area contributed by atoms with Crippen LogP contribution in [0.15, 0.2) is 95.1 Å². The third-order valence-corrected chi connectivity index (χ3v) is 6.36. The van der Waals surface area contributed by atoms with E-state index in [1.54, 1.807) is 12.1 Å². The predicted octanol–water partition coefficient (Wildman–Crippen LogP) is 6.17. The minimum absolute atomic E-state index is 0.206. The monoisotopic (exact) mass is 542 g/mol. The lowest BCUT2D eigenvalue weighted by atomic mass is 10.0. The van der Waals surface area contributed by atoms with Crippen LogP contribution >= 0.6 is 0 Å². The summed E-state index contributed by atoms with van der Waals surface area (Å²) in [6.07, 6.45) is 2.58. The first-order valence-electron chi connectivity index (χ1n) is 13.1. The molecule has 206 valence electrons.